The number of nitrogens with two attached hydrogens (primary N) is 1. The number of rotatable bonds is 2. The van der Waals surface area contributed by atoms with Crippen LogP contribution < -0.4 is 5.73 Å². The third-order valence-electron chi connectivity index (χ3n) is 3.25. The van der Waals surface area contributed by atoms with Crippen LogP contribution in [0.15, 0.2) is 0 Å². The summed E-state index contributed by atoms with van der Waals surface area (Å²) in [5.74, 6) is 0.594. The molecule has 0 aromatic rings. The first-order valence-electron chi connectivity index (χ1n) is 4.73. The van der Waals surface area contributed by atoms with Crippen LogP contribution in [0.5, 0.6) is 0 Å². The normalized spacial score (nSPS) is 38.0. The standard InChI is InChI=1S/C10H21NO/c1-7-5-10(7,6-11)8(12)9(2,3)4/h7-8,12H,5-6,11H2,1-4H3/t7-,8+,10+/m1/s1. The highest BCUT2D eigenvalue weighted by atomic mass is 16.3. The molecule has 1 saturated carbocycles. The monoisotopic (exact) mass is 171 g/mol. The number of hydrogen-bond acceptors (Lipinski definition) is 2. The van der Waals surface area contributed by atoms with Gasteiger partial charge in [0.2, 0.25) is 0 Å². The predicted molar refractivity (Wildman–Crippen MR) is 50.7 cm³/mol. The van der Waals surface area contributed by atoms with Crippen LogP contribution in [0.25, 0.3) is 0 Å². The van der Waals surface area contributed by atoms with E-state index in [-0.39, 0.29) is 16.9 Å². The lowest BCUT2D eigenvalue weighted by Crippen LogP contribution is -2.40. The van der Waals surface area contributed by atoms with Crippen molar-refractivity contribution in [2.75, 3.05) is 6.54 Å². The van der Waals surface area contributed by atoms with Crippen LogP contribution in [0.1, 0.15) is 34.1 Å². The average Bonchev–Trinajstić information content (AvgIpc) is 2.59. The van der Waals surface area contributed by atoms with Crippen molar-refractivity contribution in [1.29, 1.82) is 0 Å². The molecule has 0 heterocycles. The molecule has 0 aromatic heterocycles. The molecule has 0 aromatic carbocycles. The topological polar surface area (TPSA) is 46.2 Å². The molecule has 12 heavy (non-hydrogen) atoms. The highest BCUT2D eigenvalue weighted by Gasteiger charge is 2.57. The summed E-state index contributed by atoms with van der Waals surface area (Å²) in [6, 6.07) is 0. The molecule has 0 saturated heterocycles. The molecule has 0 radical (unpaired) electrons. The second kappa shape index (κ2) is 2.71. The Morgan fingerprint density at radius 2 is 2.00 bits per heavy atom. The zero-order chi connectivity index (χ0) is 9.57. The SMILES string of the molecule is C[C@@H]1C[C@@]1(CN)[C@@H](O)C(C)(C)C. The molecule has 3 N–H and O–H groups in total. The molecule has 2 heteroatoms. The Balaban J connectivity index is 2.70. The van der Waals surface area contributed by atoms with Crippen LogP contribution in [0, 0.1) is 16.7 Å². The minimum atomic E-state index is -0.259. The summed E-state index contributed by atoms with van der Waals surface area (Å²) >= 11 is 0. The third kappa shape index (κ3) is 1.38. The van der Waals surface area contributed by atoms with Gasteiger partial charge in [0.15, 0.2) is 0 Å². The Morgan fingerprint density at radius 1 is 1.58 bits per heavy atom. The third-order valence-corrected chi connectivity index (χ3v) is 3.25. The Hall–Kier alpha value is -0.0800. The van der Waals surface area contributed by atoms with E-state index in [1.54, 1.807) is 0 Å². The summed E-state index contributed by atoms with van der Waals surface area (Å²) in [6.45, 7) is 8.99. The van der Waals surface area contributed by atoms with Crippen LogP contribution in [0.2, 0.25) is 0 Å². The van der Waals surface area contributed by atoms with Gasteiger partial charge in [0, 0.05) is 12.0 Å². The van der Waals surface area contributed by atoms with E-state index in [4.69, 9.17) is 5.73 Å². The van der Waals surface area contributed by atoms with Crippen molar-refractivity contribution in [3.8, 4) is 0 Å². The lowest BCUT2D eigenvalue weighted by Gasteiger charge is -2.33. The van der Waals surface area contributed by atoms with Gasteiger partial charge in [-0.3, -0.25) is 0 Å². The largest absolute Gasteiger partial charge is 0.392 e. The molecule has 2 nitrogen and oxygen atoms in total. The molecule has 1 aliphatic carbocycles. The Kier molecular flexibility index (Phi) is 2.26. The maximum atomic E-state index is 10.1. The van der Waals surface area contributed by atoms with E-state index in [1.807, 2.05) is 0 Å². The van der Waals surface area contributed by atoms with Gasteiger partial charge < -0.3 is 10.8 Å². The smallest absolute Gasteiger partial charge is 0.0659 e. The second-order valence-electron chi connectivity index (χ2n) is 5.31. The van der Waals surface area contributed by atoms with Gasteiger partial charge in [0.1, 0.15) is 0 Å². The summed E-state index contributed by atoms with van der Waals surface area (Å²) < 4.78 is 0. The van der Waals surface area contributed by atoms with E-state index >= 15 is 0 Å². The van der Waals surface area contributed by atoms with E-state index in [1.165, 1.54) is 0 Å². The van der Waals surface area contributed by atoms with Crippen LogP contribution in [-0.4, -0.2) is 17.8 Å². The van der Waals surface area contributed by atoms with Crippen molar-refractivity contribution in [2.45, 2.75) is 40.2 Å². The lowest BCUT2D eigenvalue weighted by atomic mass is 9.78. The van der Waals surface area contributed by atoms with Gasteiger partial charge in [0.05, 0.1) is 6.10 Å². The van der Waals surface area contributed by atoms with Gasteiger partial charge >= 0.3 is 0 Å². The quantitative estimate of drug-likeness (QED) is 0.659. The van der Waals surface area contributed by atoms with Crippen LogP contribution in [0.4, 0.5) is 0 Å². The summed E-state index contributed by atoms with van der Waals surface area (Å²) in [7, 11) is 0. The number of hydrogen-bond donors (Lipinski definition) is 2. The average molecular weight is 171 g/mol. The molecule has 0 aliphatic heterocycles. The first kappa shape index (κ1) is 10.0. The van der Waals surface area contributed by atoms with Crippen molar-refractivity contribution >= 4 is 0 Å². The molecular weight excluding hydrogens is 150 g/mol. The Bertz CT molecular complexity index is 169. The van der Waals surface area contributed by atoms with Gasteiger partial charge in [-0.2, -0.15) is 0 Å². The molecule has 1 aliphatic rings. The number of aliphatic hydroxyl groups excluding tert-OH is 1. The summed E-state index contributed by atoms with van der Waals surface area (Å²) in [6.07, 6.45) is 0.826. The van der Waals surface area contributed by atoms with E-state index in [9.17, 15) is 5.11 Å². The van der Waals surface area contributed by atoms with E-state index < -0.39 is 0 Å². The summed E-state index contributed by atoms with van der Waals surface area (Å²) in [5, 5.41) is 10.1. The molecular formula is C10H21NO. The fraction of sp³-hybridized carbons (Fsp3) is 1.00. The lowest BCUT2D eigenvalue weighted by molar-refractivity contribution is -0.00322. The minimum Gasteiger partial charge on any atom is -0.392 e. The molecule has 0 amide bonds. The minimum absolute atomic E-state index is 0.0260. The van der Waals surface area contributed by atoms with Gasteiger partial charge in [-0.25, -0.2) is 0 Å². The fourth-order valence-electron chi connectivity index (χ4n) is 2.15. The Morgan fingerprint density at radius 3 is 2.08 bits per heavy atom. The molecule has 1 rings (SSSR count). The van der Waals surface area contributed by atoms with Gasteiger partial charge in [0.25, 0.3) is 0 Å². The summed E-state index contributed by atoms with van der Waals surface area (Å²) in [5.41, 5.74) is 5.69. The molecule has 0 spiro atoms. The van der Waals surface area contributed by atoms with Gasteiger partial charge in [-0.1, -0.05) is 27.7 Å². The van der Waals surface area contributed by atoms with Crippen molar-refractivity contribution in [2.24, 2.45) is 22.5 Å². The van der Waals surface area contributed by atoms with Crippen LogP contribution in [-0.2, 0) is 0 Å². The predicted octanol–water partition coefficient (Wildman–Crippen LogP) is 1.38. The van der Waals surface area contributed by atoms with Crippen molar-refractivity contribution < 1.29 is 5.11 Å². The first-order chi connectivity index (χ1) is 5.34. The fourth-order valence-corrected chi connectivity index (χ4v) is 2.15. The second-order valence-corrected chi connectivity index (χ2v) is 5.31. The van der Waals surface area contributed by atoms with E-state index in [2.05, 4.69) is 27.7 Å². The Labute approximate surface area is 75.2 Å². The maximum absolute atomic E-state index is 10.1. The molecule has 0 bridgehead atoms. The molecule has 1 fully saturated rings. The first-order valence-corrected chi connectivity index (χ1v) is 4.73. The van der Waals surface area contributed by atoms with Crippen molar-refractivity contribution in [3.05, 3.63) is 0 Å². The highest BCUT2D eigenvalue weighted by Crippen LogP contribution is 2.57. The zero-order valence-electron chi connectivity index (χ0n) is 8.59. The highest BCUT2D eigenvalue weighted by molar-refractivity contribution is 5.08. The van der Waals surface area contributed by atoms with Crippen LogP contribution in [0.3, 0.4) is 0 Å². The number of aliphatic hydroxyl groups is 1. The molecule has 72 valence electrons. The van der Waals surface area contributed by atoms with Gasteiger partial charge in [-0.15, -0.1) is 0 Å². The van der Waals surface area contributed by atoms with Gasteiger partial charge in [-0.05, 0) is 17.8 Å². The summed E-state index contributed by atoms with van der Waals surface area (Å²) in [4.78, 5) is 0. The van der Waals surface area contributed by atoms with Crippen LogP contribution >= 0.6 is 0 Å². The maximum Gasteiger partial charge on any atom is 0.0659 e. The molecule has 0 unspecified atom stereocenters. The van der Waals surface area contributed by atoms with Crippen molar-refractivity contribution in [1.82, 2.24) is 0 Å². The molecule has 3 atom stereocenters. The van der Waals surface area contributed by atoms with E-state index in [0.29, 0.717) is 12.5 Å². The van der Waals surface area contributed by atoms with E-state index in [0.717, 1.165) is 6.42 Å². The zero-order valence-corrected chi connectivity index (χ0v) is 8.59. The van der Waals surface area contributed by atoms with Crippen molar-refractivity contribution in [3.63, 3.8) is 0 Å².